The number of nitrogens with one attached hydrogen (secondary N) is 1. The molecule has 2 unspecified atom stereocenters. The minimum absolute atomic E-state index is 0.219. The van der Waals surface area contributed by atoms with Crippen LogP contribution in [0.1, 0.15) is 38.5 Å². The number of nitrogens with two attached hydrogens (primary N) is 1. The van der Waals surface area contributed by atoms with Crippen molar-refractivity contribution in [1.82, 2.24) is 5.43 Å². The third-order valence-electron chi connectivity index (χ3n) is 4.18. The van der Waals surface area contributed by atoms with Crippen LogP contribution in [0.2, 0.25) is 0 Å². The van der Waals surface area contributed by atoms with Crippen molar-refractivity contribution in [3.8, 4) is 0 Å². The van der Waals surface area contributed by atoms with E-state index in [1.807, 2.05) is 11.8 Å². The van der Waals surface area contributed by atoms with Crippen LogP contribution < -0.4 is 11.3 Å². The monoisotopic (exact) mass is 244 g/mol. The van der Waals surface area contributed by atoms with Crippen molar-refractivity contribution in [2.24, 2.45) is 11.8 Å². The molecule has 94 valence electrons. The average molecular weight is 244 g/mol. The Labute approximate surface area is 103 Å². The number of hydrogen-bond donors (Lipinski definition) is 2. The van der Waals surface area contributed by atoms with Crippen LogP contribution in [0.4, 0.5) is 0 Å². The van der Waals surface area contributed by atoms with E-state index in [1.165, 1.54) is 32.1 Å². The third kappa shape index (κ3) is 2.73. The van der Waals surface area contributed by atoms with Crippen LogP contribution in [-0.2, 0) is 4.74 Å². The molecule has 1 aliphatic carbocycles. The molecule has 0 aromatic heterocycles. The molecule has 3 nitrogen and oxygen atoms in total. The lowest BCUT2D eigenvalue weighted by molar-refractivity contribution is -0.0967. The molecule has 1 spiro atoms. The second-order valence-corrected chi connectivity index (χ2v) is 6.13. The Balaban J connectivity index is 1.94. The van der Waals surface area contributed by atoms with Crippen LogP contribution in [0.5, 0.6) is 0 Å². The lowest BCUT2D eigenvalue weighted by atomic mass is 9.81. The first-order chi connectivity index (χ1) is 7.79. The van der Waals surface area contributed by atoms with Crippen molar-refractivity contribution >= 4 is 11.8 Å². The first-order valence-electron chi connectivity index (χ1n) is 6.39. The van der Waals surface area contributed by atoms with E-state index in [0.29, 0.717) is 12.0 Å². The van der Waals surface area contributed by atoms with Crippen molar-refractivity contribution in [2.75, 3.05) is 18.6 Å². The smallest absolute Gasteiger partial charge is 0.0685 e. The summed E-state index contributed by atoms with van der Waals surface area (Å²) in [6, 6.07) is 0.455. The van der Waals surface area contributed by atoms with E-state index in [1.54, 1.807) is 0 Å². The number of thioether (sulfide) groups is 1. The quantitative estimate of drug-likeness (QED) is 0.586. The Morgan fingerprint density at radius 3 is 2.88 bits per heavy atom. The second-order valence-electron chi connectivity index (χ2n) is 5.22. The fourth-order valence-electron chi connectivity index (χ4n) is 3.28. The maximum Gasteiger partial charge on any atom is 0.0685 e. The third-order valence-corrected chi connectivity index (χ3v) is 4.87. The standard InChI is InChI=1S/C12H24N2OS/c1-16-9-11(14-13)10-4-7-15-12(8-10)5-2-3-6-12/h10-11,14H,2-9,13H2,1H3. The Bertz CT molecular complexity index is 219. The van der Waals surface area contributed by atoms with Gasteiger partial charge in [-0.3, -0.25) is 11.3 Å². The predicted octanol–water partition coefficient (Wildman–Crippen LogP) is 1.92. The van der Waals surface area contributed by atoms with Gasteiger partial charge in [0.15, 0.2) is 0 Å². The highest BCUT2D eigenvalue weighted by atomic mass is 32.2. The van der Waals surface area contributed by atoms with Gasteiger partial charge < -0.3 is 4.74 Å². The predicted molar refractivity (Wildman–Crippen MR) is 69.4 cm³/mol. The van der Waals surface area contributed by atoms with Crippen LogP contribution in [0.3, 0.4) is 0 Å². The van der Waals surface area contributed by atoms with Gasteiger partial charge in [0.05, 0.1) is 5.60 Å². The topological polar surface area (TPSA) is 47.3 Å². The SMILES string of the molecule is CSCC(NN)C1CCOC2(CCCC2)C1. The first-order valence-corrected chi connectivity index (χ1v) is 7.78. The Morgan fingerprint density at radius 1 is 1.50 bits per heavy atom. The van der Waals surface area contributed by atoms with Gasteiger partial charge in [-0.15, -0.1) is 0 Å². The molecule has 1 saturated heterocycles. The van der Waals surface area contributed by atoms with Gasteiger partial charge in [-0.2, -0.15) is 11.8 Å². The van der Waals surface area contributed by atoms with Crippen molar-refractivity contribution in [3.63, 3.8) is 0 Å². The summed E-state index contributed by atoms with van der Waals surface area (Å²) in [5.41, 5.74) is 3.22. The maximum absolute atomic E-state index is 6.05. The van der Waals surface area contributed by atoms with Gasteiger partial charge in [0, 0.05) is 18.4 Å². The van der Waals surface area contributed by atoms with E-state index in [9.17, 15) is 0 Å². The zero-order chi connectivity index (χ0) is 11.4. The molecular weight excluding hydrogens is 220 g/mol. The van der Waals surface area contributed by atoms with Crippen LogP contribution >= 0.6 is 11.8 Å². The van der Waals surface area contributed by atoms with Crippen molar-refractivity contribution < 1.29 is 4.74 Å². The molecule has 0 amide bonds. The van der Waals surface area contributed by atoms with Crippen LogP contribution in [0.25, 0.3) is 0 Å². The summed E-state index contributed by atoms with van der Waals surface area (Å²) >= 11 is 1.88. The van der Waals surface area contributed by atoms with E-state index in [-0.39, 0.29) is 5.60 Å². The van der Waals surface area contributed by atoms with Gasteiger partial charge in [0.25, 0.3) is 0 Å². The normalized spacial score (nSPS) is 30.8. The largest absolute Gasteiger partial charge is 0.375 e. The van der Waals surface area contributed by atoms with E-state index in [4.69, 9.17) is 10.6 Å². The van der Waals surface area contributed by atoms with Gasteiger partial charge >= 0.3 is 0 Å². The lowest BCUT2D eigenvalue weighted by Gasteiger charge is -2.41. The van der Waals surface area contributed by atoms with Gasteiger partial charge in [-0.05, 0) is 37.9 Å². The minimum atomic E-state index is 0.219. The van der Waals surface area contributed by atoms with Crippen molar-refractivity contribution in [1.29, 1.82) is 0 Å². The molecule has 0 aromatic carbocycles. The molecule has 2 fully saturated rings. The molecule has 4 heteroatoms. The zero-order valence-corrected chi connectivity index (χ0v) is 11.0. The molecule has 1 aliphatic heterocycles. The number of ether oxygens (including phenoxy) is 1. The summed E-state index contributed by atoms with van der Waals surface area (Å²) in [6.45, 7) is 0.928. The number of hydrogen-bond acceptors (Lipinski definition) is 4. The molecule has 1 saturated carbocycles. The molecule has 0 bridgehead atoms. The lowest BCUT2D eigenvalue weighted by Crippen LogP contribution is -2.49. The van der Waals surface area contributed by atoms with Gasteiger partial charge in [0.1, 0.15) is 0 Å². The molecule has 1 heterocycles. The molecule has 16 heavy (non-hydrogen) atoms. The number of rotatable bonds is 4. The van der Waals surface area contributed by atoms with Crippen LogP contribution in [0, 0.1) is 5.92 Å². The molecule has 0 radical (unpaired) electrons. The summed E-state index contributed by atoms with van der Waals surface area (Å²) < 4.78 is 6.05. The van der Waals surface area contributed by atoms with E-state index < -0.39 is 0 Å². The maximum atomic E-state index is 6.05. The molecular formula is C12H24N2OS. The Morgan fingerprint density at radius 2 is 2.25 bits per heavy atom. The van der Waals surface area contributed by atoms with Gasteiger partial charge in [0.2, 0.25) is 0 Å². The minimum Gasteiger partial charge on any atom is -0.375 e. The first kappa shape index (κ1) is 12.7. The summed E-state index contributed by atoms with van der Waals surface area (Å²) in [5.74, 6) is 7.48. The van der Waals surface area contributed by atoms with Crippen LogP contribution in [0.15, 0.2) is 0 Å². The van der Waals surface area contributed by atoms with E-state index >= 15 is 0 Å². The zero-order valence-electron chi connectivity index (χ0n) is 10.2. The average Bonchev–Trinajstić information content (AvgIpc) is 2.74. The highest BCUT2D eigenvalue weighted by molar-refractivity contribution is 7.98. The summed E-state index contributed by atoms with van der Waals surface area (Å²) in [5, 5.41) is 0. The molecule has 2 rings (SSSR count). The van der Waals surface area contributed by atoms with Crippen molar-refractivity contribution in [2.45, 2.75) is 50.2 Å². The van der Waals surface area contributed by atoms with E-state index in [2.05, 4.69) is 11.7 Å². The van der Waals surface area contributed by atoms with Crippen LogP contribution in [-0.4, -0.2) is 30.3 Å². The van der Waals surface area contributed by atoms with Gasteiger partial charge in [-0.1, -0.05) is 12.8 Å². The fourth-order valence-corrected chi connectivity index (χ4v) is 4.00. The molecule has 2 aliphatic rings. The van der Waals surface area contributed by atoms with Gasteiger partial charge in [-0.25, -0.2) is 0 Å². The Kier molecular flexibility index (Phi) is 4.53. The summed E-state index contributed by atoms with van der Waals surface area (Å²) in [4.78, 5) is 0. The molecule has 2 atom stereocenters. The highest BCUT2D eigenvalue weighted by Crippen LogP contribution is 2.42. The second kappa shape index (κ2) is 5.71. The fraction of sp³-hybridized carbons (Fsp3) is 1.00. The molecule has 3 N–H and O–H groups in total. The van der Waals surface area contributed by atoms with Crippen molar-refractivity contribution in [3.05, 3.63) is 0 Å². The van der Waals surface area contributed by atoms with E-state index in [0.717, 1.165) is 18.8 Å². The highest BCUT2D eigenvalue weighted by Gasteiger charge is 2.41. The summed E-state index contributed by atoms with van der Waals surface area (Å²) in [6.07, 6.45) is 9.74. The number of hydrazine groups is 1. The molecule has 0 aromatic rings. The Hall–Kier alpha value is 0.230. The summed E-state index contributed by atoms with van der Waals surface area (Å²) in [7, 11) is 0.